The molecule has 0 aromatic carbocycles. The van der Waals surface area contributed by atoms with Crippen molar-refractivity contribution >= 4 is 5.82 Å². The maximum atomic E-state index is 11.9. The van der Waals surface area contributed by atoms with Gasteiger partial charge in [-0.1, -0.05) is 0 Å². The van der Waals surface area contributed by atoms with Crippen LogP contribution in [0, 0.1) is 13.8 Å². The fourth-order valence-electron chi connectivity index (χ4n) is 2.77. The van der Waals surface area contributed by atoms with E-state index in [-0.39, 0.29) is 12.2 Å². The standard InChI is InChI=1S/C17H22N4O2/c1-11-12(2)19-16(20-17(11)23)13-6-7-15(18-10-13)21(8-9-22)14-4-3-5-14/h6-7,10,14,22H,3-5,8-9H2,1-2H3,(H,19,20,23). The second-order valence-corrected chi connectivity index (χ2v) is 6.03. The summed E-state index contributed by atoms with van der Waals surface area (Å²) in [5.41, 5.74) is 2.03. The van der Waals surface area contributed by atoms with Crippen LogP contribution in [-0.2, 0) is 0 Å². The molecule has 0 saturated heterocycles. The molecule has 122 valence electrons. The second-order valence-electron chi connectivity index (χ2n) is 6.03. The number of aryl methyl sites for hydroxylation is 1. The van der Waals surface area contributed by atoms with Crippen LogP contribution in [0.4, 0.5) is 5.82 Å². The lowest BCUT2D eigenvalue weighted by atomic mass is 9.91. The molecule has 0 aliphatic heterocycles. The fraction of sp³-hybridized carbons (Fsp3) is 0.471. The third-order valence-corrected chi connectivity index (χ3v) is 4.57. The average molecular weight is 314 g/mol. The Morgan fingerprint density at radius 2 is 2.13 bits per heavy atom. The summed E-state index contributed by atoms with van der Waals surface area (Å²) in [6.07, 6.45) is 5.26. The van der Waals surface area contributed by atoms with E-state index in [1.54, 1.807) is 13.1 Å². The summed E-state index contributed by atoms with van der Waals surface area (Å²) >= 11 is 0. The van der Waals surface area contributed by atoms with Crippen LogP contribution in [0.15, 0.2) is 23.1 Å². The van der Waals surface area contributed by atoms with Gasteiger partial charge in [-0.15, -0.1) is 0 Å². The fourth-order valence-corrected chi connectivity index (χ4v) is 2.77. The van der Waals surface area contributed by atoms with Crippen LogP contribution in [0.25, 0.3) is 11.4 Å². The normalized spacial score (nSPS) is 14.6. The third kappa shape index (κ3) is 3.12. The number of aliphatic hydroxyl groups excluding tert-OH is 1. The predicted octanol–water partition coefficient (Wildman–Crippen LogP) is 1.80. The monoisotopic (exact) mass is 314 g/mol. The van der Waals surface area contributed by atoms with Crippen molar-refractivity contribution in [1.82, 2.24) is 15.0 Å². The van der Waals surface area contributed by atoms with Gasteiger partial charge in [-0.3, -0.25) is 4.79 Å². The van der Waals surface area contributed by atoms with Crippen molar-refractivity contribution < 1.29 is 5.11 Å². The van der Waals surface area contributed by atoms with Crippen LogP contribution in [0.5, 0.6) is 0 Å². The number of aliphatic hydroxyl groups is 1. The number of hydrogen-bond acceptors (Lipinski definition) is 5. The zero-order chi connectivity index (χ0) is 16.4. The van der Waals surface area contributed by atoms with Crippen molar-refractivity contribution in [2.24, 2.45) is 0 Å². The van der Waals surface area contributed by atoms with Crippen LogP contribution >= 0.6 is 0 Å². The Bertz CT molecular complexity index is 735. The van der Waals surface area contributed by atoms with E-state index in [9.17, 15) is 9.90 Å². The first kappa shape index (κ1) is 15.7. The molecule has 0 unspecified atom stereocenters. The largest absolute Gasteiger partial charge is 0.395 e. The number of aromatic amines is 1. The number of nitrogens with zero attached hydrogens (tertiary/aromatic N) is 3. The Balaban J connectivity index is 1.88. The van der Waals surface area contributed by atoms with Crippen molar-refractivity contribution in [3.05, 3.63) is 39.9 Å². The summed E-state index contributed by atoms with van der Waals surface area (Å²) in [5, 5.41) is 9.27. The van der Waals surface area contributed by atoms with Crippen molar-refractivity contribution in [2.75, 3.05) is 18.1 Å². The van der Waals surface area contributed by atoms with E-state index < -0.39 is 0 Å². The zero-order valence-corrected chi connectivity index (χ0v) is 13.5. The molecule has 1 fully saturated rings. The van der Waals surface area contributed by atoms with Crippen molar-refractivity contribution in [1.29, 1.82) is 0 Å². The maximum absolute atomic E-state index is 11.9. The Kier molecular flexibility index (Phi) is 4.43. The van der Waals surface area contributed by atoms with Crippen LogP contribution in [0.2, 0.25) is 0 Å². The molecule has 1 aliphatic carbocycles. The van der Waals surface area contributed by atoms with Gasteiger partial charge in [0.05, 0.1) is 6.61 Å². The number of aromatic nitrogens is 3. The zero-order valence-electron chi connectivity index (χ0n) is 13.5. The lowest BCUT2D eigenvalue weighted by molar-refractivity contribution is 0.283. The molecule has 1 saturated carbocycles. The minimum atomic E-state index is -0.118. The van der Waals surface area contributed by atoms with Crippen LogP contribution in [0.1, 0.15) is 30.5 Å². The summed E-state index contributed by atoms with van der Waals surface area (Å²) in [7, 11) is 0. The lowest BCUT2D eigenvalue weighted by Gasteiger charge is -2.38. The number of H-pyrrole nitrogens is 1. The Morgan fingerprint density at radius 1 is 1.35 bits per heavy atom. The molecule has 0 atom stereocenters. The van der Waals surface area contributed by atoms with E-state index in [1.165, 1.54) is 6.42 Å². The highest BCUT2D eigenvalue weighted by Gasteiger charge is 2.25. The van der Waals surface area contributed by atoms with Gasteiger partial charge in [-0.25, -0.2) is 9.97 Å². The molecule has 6 nitrogen and oxygen atoms in total. The Morgan fingerprint density at radius 3 is 2.65 bits per heavy atom. The smallest absolute Gasteiger partial charge is 0.254 e. The van der Waals surface area contributed by atoms with Gasteiger partial charge in [-0.05, 0) is 45.2 Å². The number of pyridine rings is 1. The van der Waals surface area contributed by atoms with Gasteiger partial charge in [0.2, 0.25) is 0 Å². The average Bonchev–Trinajstić information content (AvgIpc) is 2.50. The molecule has 6 heteroatoms. The quantitative estimate of drug-likeness (QED) is 0.879. The van der Waals surface area contributed by atoms with Crippen LogP contribution < -0.4 is 10.5 Å². The summed E-state index contributed by atoms with van der Waals surface area (Å²) in [6.45, 7) is 4.30. The molecule has 2 N–H and O–H groups in total. The van der Waals surface area contributed by atoms with Crippen molar-refractivity contribution in [2.45, 2.75) is 39.2 Å². The minimum Gasteiger partial charge on any atom is -0.395 e. The molecule has 2 aromatic heterocycles. The summed E-state index contributed by atoms with van der Waals surface area (Å²) in [5.74, 6) is 1.40. The van der Waals surface area contributed by atoms with E-state index in [0.717, 1.165) is 29.9 Å². The second kappa shape index (κ2) is 6.50. The Hall–Kier alpha value is -2.21. The van der Waals surface area contributed by atoms with Crippen LogP contribution in [-0.4, -0.2) is 39.3 Å². The van der Waals surface area contributed by atoms with Gasteiger partial charge in [0, 0.05) is 35.6 Å². The van der Waals surface area contributed by atoms with Crippen LogP contribution in [0.3, 0.4) is 0 Å². The van der Waals surface area contributed by atoms with Gasteiger partial charge in [0.15, 0.2) is 0 Å². The molecular formula is C17H22N4O2. The topological polar surface area (TPSA) is 82.1 Å². The van der Waals surface area contributed by atoms with E-state index in [4.69, 9.17) is 0 Å². The van der Waals surface area contributed by atoms with E-state index in [0.29, 0.717) is 24.0 Å². The highest BCUT2D eigenvalue weighted by Crippen LogP contribution is 2.28. The number of hydrogen-bond donors (Lipinski definition) is 2. The lowest BCUT2D eigenvalue weighted by Crippen LogP contribution is -2.42. The summed E-state index contributed by atoms with van der Waals surface area (Å²) < 4.78 is 0. The van der Waals surface area contributed by atoms with E-state index in [2.05, 4.69) is 19.9 Å². The number of nitrogens with one attached hydrogen (secondary N) is 1. The Labute approximate surface area is 135 Å². The van der Waals surface area contributed by atoms with Crippen molar-refractivity contribution in [3.8, 4) is 11.4 Å². The van der Waals surface area contributed by atoms with Gasteiger partial charge in [0.25, 0.3) is 5.56 Å². The molecule has 0 amide bonds. The molecule has 0 bridgehead atoms. The SMILES string of the molecule is Cc1nc(-c2ccc(N(CCO)C3CCC3)nc2)[nH]c(=O)c1C. The first-order chi connectivity index (χ1) is 11.1. The molecule has 2 aromatic rings. The molecule has 2 heterocycles. The molecule has 3 rings (SSSR count). The first-order valence-electron chi connectivity index (χ1n) is 8.01. The first-order valence-corrected chi connectivity index (χ1v) is 8.01. The molecule has 0 radical (unpaired) electrons. The third-order valence-electron chi connectivity index (χ3n) is 4.57. The summed E-state index contributed by atoms with van der Waals surface area (Å²) in [6, 6.07) is 4.32. The molecule has 23 heavy (non-hydrogen) atoms. The summed E-state index contributed by atoms with van der Waals surface area (Å²) in [4.78, 5) is 25.8. The predicted molar refractivity (Wildman–Crippen MR) is 89.6 cm³/mol. The molecule has 0 spiro atoms. The van der Waals surface area contributed by atoms with E-state index in [1.807, 2.05) is 19.1 Å². The van der Waals surface area contributed by atoms with Crippen molar-refractivity contribution in [3.63, 3.8) is 0 Å². The minimum absolute atomic E-state index is 0.117. The highest BCUT2D eigenvalue weighted by atomic mass is 16.3. The van der Waals surface area contributed by atoms with E-state index >= 15 is 0 Å². The van der Waals surface area contributed by atoms with Gasteiger partial charge in [-0.2, -0.15) is 0 Å². The van der Waals surface area contributed by atoms with Gasteiger partial charge < -0.3 is 15.0 Å². The maximum Gasteiger partial charge on any atom is 0.254 e. The molecule has 1 aliphatic rings. The van der Waals surface area contributed by atoms with Gasteiger partial charge >= 0.3 is 0 Å². The highest BCUT2D eigenvalue weighted by molar-refractivity contribution is 5.57. The number of rotatable bonds is 5. The molecular weight excluding hydrogens is 292 g/mol. The number of anilines is 1. The van der Waals surface area contributed by atoms with Gasteiger partial charge in [0.1, 0.15) is 11.6 Å².